The van der Waals surface area contributed by atoms with Crippen molar-refractivity contribution in [3.8, 4) is 0 Å². The zero-order valence-corrected chi connectivity index (χ0v) is 18.5. The molecular weight excluding hydrogens is 374 g/mol. The molecule has 0 spiro atoms. The van der Waals surface area contributed by atoms with Crippen LogP contribution < -0.4 is 10.6 Å². The molecule has 1 aliphatic heterocycles. The molecule has 1 fully saturated rings. The molecule has 1 saturated heterocycles. The number of guanidine groups is 1. The number of nitrogens with one attached hydrogen (secondary N) is 2. The monoisotopic (exact) mass is 409 g/mol. The fraction of sp³-hybridized carbons (Fsp3) is 0.650. The maximum absolute atomic E-state index is 11.7. The minimum Gasteiger partial charge on any atom is -0.356 e. The Kier molecular flexibility index (Phi) is 8.72. The molecule has 2 N–H and O–H groups in total. The highest BCUT2D eigenvalue weighted by molar-refractivity contribution is 7.90. The van der Waals surface area contributed by atoms with Crippen LogP contribution in [-0.2, 0) is 16.4 Å². The number of aliphatic imine (C=N–C) groups is 1. The number of rotatable bonds is 7. The number of sulfone groups is 1. The van der Waals surface area contributed by atoms with E-state index < -0.39 is 9.84 Å². The molecular formula is C20H35N5O2S. The number of hydrogen-bond acceptors (Lipinski definition) is 5. The van der Waals surface area contributed by atoms with Crippen LogP contribution in [0.1, 0.15) is 24.0 Å². The van der Waals surface area contributed by atoms with Crippen LogP contribution in [0.2, 0.25) is 0 Å². The van der Waals surface area contributed by atoms with Gasteiger partial charge >= 0.3 is 0 Å². The first-order chi connectivity index (χ1) is 13.3. The Morgan fingerprint density at radius 1 is 1.18 bits per heavy atom. The Bertz CT molecular complexity index is 764. The van der Waals surface area contributed by atoms with Crippen LogP contribution in [0, 0.1) is 6.92 Å². The molecule has 0 amide bonds. The summed E-state index contributed by atoms with van der Waals surface area (Å²) in [5.74, 6) is 0.764. The second kappa shape index (κ2) is 10.8. The van der Waals surface area contributed by atoms with E-state index in [4.69, 9.17) is 0 Å². The predicted octanol–water partition coefficient (Wildman–Crippen LogP) is 1.09. The molecule has 1 heterocycles. The lowest BCUT2D eigenvalue weighted by atomic mass is 10.1. The first-order valence-electron chi connectivity index (χ1n) is 9.94. The molecule has 1 aromatic rings. The first kappa shape index (κ1) is 22.6. The fourth-order valence-electron chi connectivity index (χ4n) is 3.48. The summed E-state index contributed by atoms with van der Waals surface area (Å²) in [5.41, 5.74) is 1.80. The van der Waals surface area contributed by atoms with Gasteiger partial charge in [0.05, 0.1) is 4.90 Å². The number of hydrogen-bond donors (Lipinski definition) is 2. The summed E-state index contributed by atoms with van der Waals surface area (Å²) >= 11 is 0. The zero-order chi connectivity index (χ0) is 20.6. The summed E-state index contributed by atoms with van der Waals surface area (Å²) in [6, 6.07) is 5.43. The Morgan fingerprint density at radius 3 is 2.64 bits per heavy atom. The zero-order valence-electron chi connectivity index (χ0n) is 17.7. The smallest absolute Gasteiger partial charge is 0.191 e. The Labute approximate surface area is 170 Å². The fourth-order valence-corrected chi connectivity index (χ4v) is 4.44. The van der Waals surface area contributed by atoms with E-state index in [0.717, 1.165) is 49.7 Å². The van der Waals surface area contributed by atoms with Gasteiger partial charge in [-0.3, -0.25) is 4.99 Å². The summed E-state index contributed by atoms with van der Waals surface area (Å²) in [6.45, 7) is 9.06. The van der Waals surface area contributed by atoms with Crippen molar-refractivity contribution in [1.29, 1.82) is 0 Å². The van der Waals surface area contributed by atoms with Gasteiger partial charge in [0.2, 0.25) is 0 Å². The number of nitrogens with zero attached hydrogens (tertiary/aromatic N) is 3. The Morgan fingerprint density at radius 2 is 1.96 bits per heavy atom. The number of benzene rings is 1. The Balaban J connectivity index is 1.73. The lowest BCUT2D eigenvalue weighted by molar-refractivity contribution is 0.274. The topological polar surface area (TPSA) is 77.0 Å². The largest absolute Gasteiger partial charge is 0.356 e. The third kappa shape index (κ3) is 7.41. The van der Waals surface area contributed by atoms with Crippen molar-refractivity contribution in [3.05, 3.63) is 29.3 Å². The van der Waals surface area contributed by atoms with Crippen LogP contribution in [0.4, 0.5) is 0 Å². The average molecular weight is 410 g/mol. The van der Waals surface area contributed by atoms with E-state index in [1.165, 1.54) is 25.8 Å². The summed E-state index contributed by atoms with van der Waals surface area (Å²) < 4.78 is 23.4. The van der Waals surface area contributed by atoms with Crippen LogP contribution in [0.3, 0.4) is 0 Å². The van der Waals surface area contributed by atoms with Gasteiger partial charge in [-0.05, 0) is 63.6 Å². The van der Waals surface area contributed by atoms with Gasteiger partial charge in [0.1, 0.15) is 0 Å². The molecule has 8 heteroatoms. The van der Waals surface area contributed by atoms with Gasteiger partial charge in [-0.15, -0.1) is 0 Å². The highest BCUT2D eigenvalue weighted by Gasteiger charge is 2.12. The van der Waals surface area contributed by atoms with Crippen LogP contribution in [0.25, 0.3) is 0 Å². The minimum atomic E-state index is -3.18. The van der Waals surface area contributed by atoms with Crippen LogP contribution in [-0.4, -0.2) is 83.8 Å². The van der Waals surface area contributed by atoms with Gasteiger partial charge in [0.25, 0.3) is 0 Å². The van der Waals surface area contributed by atoms with Crippen molar-refractivity contribution in [3.63, 3.8) is 0 Å². The van der Waals surface area contributed by atoms with Crippen molar-refractivity contribution in [2.45, 2.75) is 31.2 Å². The molecule has 0 radical (unpaired) electrons. The molecule has 0 bridgehead atoms. The van der Waals surface area contributed by atoms with E-state index >= 15 is 0 Å². The maximum Gasteiger partial charge on any atom is 0.191 e. The molecule has 1 aromatic carbocycles. The molecule has 0 aromatic heterocycles. The van der Waals surface area contributed by atoms with Gasteiger partial charge in [0.15, 0.2) is 15.8 Å². The van der Waals surface area contributed by atoms with E-state index in [9.17, 15) is 8.42 Å². The second-order valence-corrected chi connectivity index (χ2v) is 9.56. The van der Waals surface area contributed by atoms with Crippen molar-refractivity contribution in [1.82, 2.24) is 20.4 Å². The van der Waals surface area contributed by atoms with Gasteiger partial charge in [-0.1, -0.05) is 12.1 Å². The quantitative estimate of drug-likeness (QED) is 0.399. The normalized spacial score (nSPS) is 17.4. The molecule has 0 saturated carbocycles. The minimum absolute atomic E-state index is 0.387. The van der Waals surface area contributed by atoms with Gasteiger partial charge in [0, 0.05) is 39.5 Å². The standard InChI is InChI=1S/C20H35N5O2S/c1-17-15-18(7-8-19(17)28(4,26)27)16-23-20(21-2)22-9-5-11-25-12-6-10-24(3)13-14-25/h7-8,15H,5-6,9-14,16H2,1-4H3,(H2,21,22,23). The first-order valence-corrected chi connectivity index (χ1v) is 11.8. The van der Waals surface area contributed by atoms with E-state index in [0.29, 0.717) is 11.4 Å². The third-order valence-corrected chi connectivity index (χ3v) is 6.34. The van der Waals surface area contributed by atoms with Crippen molar-refractivity contribution in [2.75, 3.05) is 59.6 Å². The summed E-state index contributed by atoms with van der Waals surface area (Å²) in [4.78, 5) is 9.59. The summed E-state index contributed by atoms with van der Waals surface area (Å²) in [5, 5.41) is 6.65. The molecule has 0 atom stereocenters. The molecule has 1 aliphatic rings. The van der Waals surface area contributed by atoms with Crippen molar-refractivity contribution in [2.24, 2.45) is 4.99 Å². The summed E-state index contributed by atoms with van der Waals surface area (Å²) in [7, 11) is 0.774. The van der Waals surface area contributed by atoms with Gasteiger partial charge in [-0.25, -0.2) is 8.42 Å². The second-order valence-electron chi connectivity index (χ2n) is 7.58. The molecule has 7 nitrogen and oxygen atoms in total. The van der Waals surface area contributed by atoms with E-state index in [2.05, 4.69) is 32.5 Å². The van der Waals surface area contributed by atoms with Crippen molar-refractivity contribution >= 4 is 15.8 Å². The lowest BCUT2D eigenvalue weighted by Gasteiger charge is -2.20. The van der Waals surface area contributed by atoms with Crippen LogP contribution in [0.15, 0.2) is 28.1 Å². The van der Waals surface area contributed by atoms with E-state index in [-0.39, 0.29) is 0 Å². The molecule has 28 heavy (non-hydrogen) atoms. The third-order valence-electron chi connectivity index (χ3n) is 5.08. The molecule has 0 unspecified atom stereocenters. The van der Waals surface area contributed by atoms with Crippen LogP contribution in [0.5, 0.6) is 0 Å². The highest BCUT2D eigenvalue weighted by atomic mass is 32.2. The molecule has 0 aliphatic carbocycles. The van der Waals surface area contributed by atoms with Crippen molar-refractivity contribution < 1.29 is 8.42 Å². The van der Waals surface area contributed by atoms with Gasteiger partial charge < -0.3 is 20.4 Å². The lowest BCUT2D eigenvalue weighted by Crippen LogP contribution is -2.38. The molecule has 158 valence electrons. The summed E-state index contributed by atoms with van der Waals surface area (Å²) in [6.07, 6.45) is 3.56. The van der Waals surface area contributed by atoms with Gasteiger partial charge in [-0.2, -0.15) is 0 Å². The molecule has 2 rings (SSSR count). The predicted molar refractivity (Wildman–Crippen MR) is 116 cm³/mol. The average Bonchev–Trinajstić information content (AvgIpc) is 2.84. The van der Waals surface area contributed by atoms with Crippen LogP contribution >= 0.6 is 0 Å². The number of likely N-dealkylation sites (N-methyl/N-ethyl adjacent to an activating group) is 1. The highest BCUT2D eigenvalue weighted by Crippen LogP contribution is 2.16. The Hall–Kier alpha value is -1.64. The number of aryl methyl sites for hydroxylation is 1. The SMILES string of the molecule is CN=C(NCCCN1CCCN(C)CC1)NCc1ccc(S(C)(=O)=O)c(C)c1. The maximum atomic E-state index is 11.7. The van der Waals surface area contributed by atoms with E-state index in [1.54, 1.807) is 13.1 Å². The van der Waals surface area contributed by atoms with E-state index in [1.807, 2.05) is 19.1 Å².